The molecule has 0 saturated heterocycles. The maximum Gasteiger partial charge on any atom is 0.323 e. The molecular formula is C18H22O3. The minimum atomic E-state index is -1.20. The van der Waals surface area contributed by atoms with Crippen LogP contribution in [0.25, 0.3) is 0 Å². The summed E-state index contributed by atoms with van der Waals surface area (Å²) in [6, 6.07) is 8.95. The summed E-state index contributed by atoms with van der Waals surface area (Å²) in [5.41, 5.74) is 0.0712. The minimum absolute atomic E-state index is 0.182. The highest BCUT2D eigenvalue weighted by Gasteiger charge is 2.54. The lowest BCUT2D eigenvalue weighted by Gasteiger charge is -2.27. The Morgan fingerprint density at radius 1 is 1.33 bits per heavy atom. The molecule has 1 aliphatic carbocycles. The molecule has 0 spiro atoms. The Hall–Kier alpha value is -1.90. The molecule has 1 aliphatic rings. The van der Waals surface area contributed by atoms with Gasteiger partial charge in [-0.05, 0) is 30.8 Å². The molecule has 2 rings (SSSR count). The monoisotopic (exact) mass is 286 g/mol. The van der Waals surface area contributed by atoms with Crippen LogP contribution in [0.15, 0.2) is 42.5 Å². The molecule has 3 nitrogen and oxygen atoms in total. The van der Waals surface area contributed by atoms with Crippen LogP contribution in [0.1, 0.15) is 43.0 Å². The Bertz CT molecular complexity index is 547. The van der Waals surface area contributed by atoms with E-state index in [-0.39, 0.29) is 11.7 Å². The summed E-state index contributed by atoms with van der Waals surface area (Å²) < 4.78 is 4.96. The number of carbonyl (C=O) groups is 2. The van der Waals surface area contributed by atoms with Crippen LogP contribution in [0.4, 0.5) is 0 Å². The van der Waals surface area contributed by atoms with Crippen LogP contribution in [0.5, 0.6) is 0 Å². The minimum Gasteiger partial charge on any atom is -0.468 e. The van der Waals surface area contributed by atoms with Crippen LogP contribution >= 0.6 is 0 Å². The first kappa shape index (κ1) is 15.5. The summed E-state index contributed by atoms with van der Waals surface area (Å²) >= 11 is 0. The normalized spacial score (nSPS) is 24.9. The Kier molecular flexibility index (Phi) is 4.61. The van der Waals surface area contributed by atoms with E-state index >= 15 is 0 Å². The Balaban J connectivity index is 2.43. The number of ketones is 1. The molecule has 0 aromatic heterocycles. The number of carbonyl (C=O) groups excluding carboxylic acids is 2. The molecule has 1 aromatic carbocycles. The van der Waals surface area contributed by atoms with Crippen molar-refractivity contribution in [3.05, 3.63) is 48.0 Å². The molecule has 0 N–H and O–H groups in total. The van der Waals surface area contributed by atoms with E-state index in [0.717, 1.165) is 24.8 Å². The number of rotatable bonds is 5. The lowest BCUT2D eigenvalue weighted by atomic mass is 9.74. The number of hydrogen-bond donors (Lipinski definition) is 0. The van der Waals surface area contributed by atoms with Crippen molar-refractivity contribution in [2.45, 2.75) is 32.6 Å². The van der Waals surface area contributed by atoms with Crippen molar-refractivity contribution in [2.24, 2.45) is 11.3 Å². The van der Waals surface area contributed by atoms with Gasteiger partial charge in [-0.15, -0.1) is 0 Å². The summed E-state index contributed by atoms with van der Waals surface area (Å²) in [4.78, 5) is 25.4. The van der Waals surface area contributed by atoms with E-state index in [2.05, 4.69) is 13.5 Å². The lowest BCUT2D eigenvalue weighted by molar-refractivity contribution is -0.147. The Morgan fingerprint density at radius 3 is 2.57 bits per heavy atom. The van der Waals surface area contributed by atoms with E-state index in [1.807, 2.05) is 6.07 Å². The van der Waals surface area contributed by atoms with Crippen molar-refractivity contribution in [2.75, 3.05) is 7.11 Å². The molecule has 21 heavy (non-hydrogen) atoms. The molecule has 0 aliphatic heterocycles. The van der Waals surface area contributed by atoms with Gasteiger partial charge in [-0.2, -0.15) is 0 Å². The number of ether oxygens (including phenoxy) is 1. The van der Waals surface area contributed by atoms with Gasteiger partial charge in [-0.3, -0.25) is 9.59 Å². The first-order valence-corrected chi connectivity index (χ1v) is 7.45. The van der Waals surface area contributed by atoms with Gasteiger partial charge in [0, 0.05) is 5.56 Å². The number of methoxy groups -OCH3 is 1. The first-order chi connectivity index (χ1) is 10.1. The molecule has 1 saturated carbocycles. The fraction of sp³-hybridized carbons (Fsp3) is 0.444. The second kappa shape index (κ2) is 6.25. The van der Waals surface area contributed by atoms with Crippen molar-refractivity contribution >= 4 is 11.8 Å². The predicted molar refractivity (Wildman–Crippen MR) is 82.0 cm³/mol. The van der Waals surface area contributed by atoms with E-state index in [0.29, 0.717) is 12.0 Å². The maximum absolute atomic E-state index is 13.0. The quantitative estimate of drug-likeness (QED) is 0.358. The van der Waals surface area contributed by atoms with E-state index in [9.17, 15) is 9.59 Å². The fourth-order valence-corrected chi connectivity index (χ4v) is 3.34. The molecule has 0 radical (unpaired) electrons. The van der Waals surface area contributed by atoms with Crippen LogP contribution in [0.3, 0.4) is 0 Å². The lowest BCUT2D eigenvalue weighted by Crippen LogP contribution is -2.39. The van der Waals surface area contributed by atoms with Crippen LogP contribution in [-0.2, 0) is 9.53 Å². The standard InChI is InChI=1S/C18H22O3/c1-4-8-14-11-12-18(13(14)2,17(20)21-3)16(19)15-9-6-5-7-10-15/h5-7,9-10,14H,2,4,8,11-12H2,1,3H3/t14-,18+/m0/s1. The fourth-order valence-electron chi connectivity index (χ4n) is 3.34. The van der Waals surface area contributed by atoms with Crippen LogP contribution < -0.4 is 0 Å². The maximum atomic E-state index is 13.0. The molecular weight excluding hydrogens is 264 g/mol. The van der Waals surface area contributed by atoms with Crippen molar-refractivity contribution in [1.29, 1.82) is 0 Å². The van der Waals surface area contributed by atoms with Crippen molar-refractivity contribution in [3.63, 3.8) is 0 Å². The number of Topliss-reactive ketones (excluding diaryl/α,β-unsaturated/α-hetero) is 1. The topological polar surface area (TPSA) is 43.4 Å². The molecule has 1 aromatic rings. The highest BCUT2D eigenvalue weighted by molar-refractivity contribution is 6.15. The van der Waals surface area contributed by atoms with Crippen LogP contribution in [0, 0.1) is 11.3 Å². The molecule has 0 unspecified atom stereocenters. The number of hydrogen-bond acceptors (Lipinski definition) is 3. The smallest absolute Gasteiger partial charge is 0.323 e. The number of esters is 1. The van der Waals surface area contributed by atoms with Gasteiger partial charge in [0.25, 0.3) is 0 Å². The van der Waals surface area contributed by atoms with Gasteiger partial charge in [0.1, 0.15) is 0 Å². The van der Waals surface area contributed by atoms with Gasteiger partial charge >= 0.3 is 5.97 Å². The third-order valence-corrected chi connectivity index (χ3v) is 4.50. The largest absolute Gasteiger partial charge is 0.468 e. The highest BCUT2D eigenvalue weighted by Crippen LogP contribution is 2.50. The molecule has 1 fully saturated rings. The number of benzene rings is 1. The summed E-state index contributed by atoms with van der Waals surface area (Å²) in [5, 5.41) is 0. The van der Waals surface area contributed by atoms with Gasteiger partial charge in [-0.25, -0.2) is 0 Å². The summed E-state index contributed by atoms with van der Waals surface area (Å²) in [5.74, 6) is -0.430. The third-order valence-electron chi connectivity index (χ3n) is 4.50. The van der Waals surface area contributed by atoms with Gasteiger partial charge < -0.3 is 4.74 Å². The van der Waals surface area contributed by atoms with Crippen molar-refractivity contribution in [1.82, 2.24) is 0 Å². The highest BCUT2D eigenvalue weighted by atomic mass is 16.5. The zero-order valence-electron chi connectivity index (χ0n) is 12.7. The molecule has 0 amide bonds. The SMILES string of the molecule is C=C1[C@@H](CCC)CC[C@]1(C(=O)OC)C(=O)c1ccccc1. The van der Waals surface area contributed by atoms with E-state index in [1.165, 1.54) is 7.11 Å². The summed E-state index contributed by atoms with van der Waals surface area (Å²) in [6.45, 7) is 6.20. The van der Waals surface area contributed by atoms with Crippen LogP contribution in [0.2, 0.25) is 0 Å². The van der Waals surface area contributed by atoms with Gasteiger partial charge in [0.15, 0.2) is 11.2 Å². The van der Waals surface area contributed by atoms with Crippen molar-refractivity contribution in [3.8, 4) is 0 Å². The summed E-state index contributed by atoms with van der Waals surface area (Å²) in [6.07, 6.45) is 3.29. The molecule has 0 heterocycles. The second-order valence-corrected chi connectivity index (χ2v) is 5.64. The van der Waals surface area contributed by atoms with Crippen LogP contribution in [-0.4, -0.2) is 18.9 Å². The van der Waals surface area contributed by atoms with Crippen molar-refractivity contribution < 1.29 is 14.3 Å². The molecule has 3 heteroatoms. The Labute approximate surface area is 126 Å². The molecule has 0 bridgehead atoms. The van der Waals surface area contributed by atoms with E-state index in [1.54, 1.807) is 24.3 Å². The third kappa shape index (κ3) is 2.53. The molecule has 112 valence electrons. The Morgan fingerprint density at radius 2 is 2.00 bits per heavy atom. The van der Waals surface area contributed by atoms with E-state index < -0.39 is 11.4 Å². The summed E-state index contributed by atoms with van der Waals surface area (Å²) in [7, 11) is 1.34. The average Bonchev–Trinajstić information content (AvgIpc) is 2.85. The van der Waals surface area contributed by atoms with Gasteiger partial charge in [0.2, 0.25) is 0 Å². The molecule has 2 atom stereocenters. The zero-order valence-corrected chi connectivity index (χ0v) is 12.7. The zero-order chi connectivity index (χ0) is 15.5. The second-order valence-electron chi connectivity index (χ2n) is 5.64. The van der Waals surface area contributed by atoms with E-state index in [4.69, 9.17) is 4.74 Å². The average molecular weight is 286 g/mol. The predicted octanol–water partition coefficient (Wildman–Crippen LogP) is 3.80. The van der Waals surface area contributed by atoms with Gasteiger partial charge in [0.05, 0.1) is 7.11 Å². The van der Waals surface area contributed by atoms with Gasteiger partial charge in [-0.1, -0.05) is 50.3 Å². The first-order valence-electron chi connectivity index (χ1n) is 7.45.